The van der Waals surface area contributed by atoms with Crippen LogP contribution in [0.15, 0.2) is 42.5 Å². The summed E-state index contributed by atoms with van der Waals surface area (Å²) in [4.78, 5) is 0. The number of likely N-dealkylation sites (N-methyl/N-ethyl adjacent to an activating group) is 1. The van der Waals surface area contributed by atoms with Gasteiger partial charge < -0.3 is 10.1 Å². The van der Waals surface area contributed by atoms with Gasteiger partial charge in [0.1, 0.15) is 0 Å². The van der Waals surface area contributed by atoms with Crippen LogP contribution in [0.1, 0.15) is 38.3 Å². The van der Waals surface area contributed by atoms with Gasteiger partial charge in [-0.05, 0) is 36.2 Å². The third-order valence-corrected chi connectivity index (χ3v) is 4.55. The number of hydrogen-bond acceptors (Lipinski definition) is 2. The first-order chi connectivity index (χ1) is 9.72. The lowest BCUT2D eigenvalue weighted by atomic mass is 9.82. The number of fused-ring (bicyclic) bond motifs is 1. The second-order valence-electron chi connectivity index (χ2n) is 5.27. The van der Waals surface area contributed by atoms with Gasteiger partial charge in [0.15, 0.2) is 0 Å². The minimum atomic E-state index is -0.168. The van der Waals surface area contributed by atoms with Crippen molar-refractivity contribution in [1.82, 2.24) is 5.32 Å². The summed E-state index contributed by atoms with van der Waals surface area (Å²) in [6.45, 7) is 4.39. The summed E-state index contributed by atoms with van der Waals surface area (Å²) in [5.74, 6) is 0. The Morgan fingerprint density at radius 2 is 1.70 bits per heavy atom. The van der Waals surface area contributed by atoms with Crippen molar-refractivity contribution < 1.29 is 4.74 Å². The largest absolute Gasteiger partial charge is 0.376 e. The first-order valence-electron chi connectivity index (χ1n) is 7.42. The molecule has 0 bridgehead atoms. The number of ether oxygens (including phenoxy) is 1. The topological polar surface area (TPSA) is 21.3 Å². The van der Waals surface area contributed by atoms with Crippen LogP contribution in [0.25, 0.3) is 10.8 Å². The molecule has 0 fully saturated rings. The van der Waals surface area contributed by atoms with Crippen molar-refractivity contribution in [2.75, 3.05) is 14.2 Å². The Kier molecular flexibility index (Phi) is 4.79. The highest BCUT2D eigenvalue weighted by atomic mass is 16.5. The third kappa shape index (κ3) is 2.46. The Morgan fingerprint density at radius 1 is 1.05 bits per heavy atom. The SMILES string of the molecule is CCC(CC)(OC)C(NC)c1cccc2ccccc12. The van der Waals surface area contributed by atoms with Crippen LogP contribution in [0.5, 0.6) is 0 Å². The van der Waals surface area contributed by atoms with Gasteiger partial charge in [0, 0.05) is 7.11 Å². The lowest BCUT2D eigenvalue weighted by Gasteiger charge is -2.39. The van der Waals surface area contributed by atoms with E-state index in [0.717, 1.165) is 12.8 Å². The summed E-state index contributed by atoms with van der Waals surface area (Å²) in [7, 11) is 3.84. The van der Waals surface area contributed by atoms with Crippen molar-refractivity contribution >= 4 is 10.8 Å². The first kappa shape index (κ1) is 15.0. The van der Waals surface area contributed by atoms with E-state index in [0.29, 0.717) is 0 Å². The van der Waals surface area contributed by atoms with E-state index in [1.165, 1.54) is 16.3 Å². The number of nitrogens with one attached hydrogen (secondary N) is 1. The van der Waals surface area contributed by atoms with Crippen molar-refractivity contribution in [2.24, 2.45) is 0 Å². The summed E-state index contributed by atoms with van der Waals surface area (Å²) in [6.07, 6.45) is 1.96. The molecular formula is C18H25NO. The molecule has 0 aromatic heterocycles. The van der Waals surface area contributed by atoms with Crippen LogP contribution in [-0.4, -0.2) is 19.8 Å². The van der Waals surface area contributed by atoms with Gasteiger partial charge in [0.25, 0.3) is 0 Å². The number of rotatable bonds is 6. The number of hydrogen-bond donors (Lipinski definition) is 1. The molecule has 20 heavy (non-hydrogen) atoms. The highest BCUT2D eigenvalue weighted by Crippen LogP contribution is 2.37. The molecule has 1 atom stereocenters. The van der Waals surface area contributed by atoms with Crippen LogP contribution in [0.3, 0.4) is 0 Å². The summed E-state index contributed by atoms with van der Waals surface area (Å²) in [5, 5.41) is 6.06. The van der Waals surface area contributed by atoms with Crippen LogP contribution in [0, 0.1) is 0 Å². The molecule has 2 aromatic rings. The van der Waals surface area contributed by atoms with E-state index in [1.54, 1.807) is 0 Å². The van der Waals surface area contributed by atoms with Gasteiger partial charge in [-0.2, -0.15) is 0 Å². The molecule has 1 unspecified atom stereocenters. The van der Waals surface area contributed by atoms with Gasteiger partial charge in [-0.25, -0.2) is 0 Å². The lowest BCUT2D eigenvalue weighted by Crippen LogP contribution is -2.43. The molecule has 2 rings (SSSR count). The van der Waals surface area contributed by atoms with Crippen LogP contribution in [-0.2, 0) is 4.74 Å². The Morgan fingerprint density at radius 3 is 2.30 bits per heavy atom. The van der Waals surface area contributed by atoms with Gasteiger partial charge in [0.05, 0.1) is 11.6 Å². The summed E-state index contributed by atoms with van der Waals surface area (Å²) >= 11 is 0. The molecule has 0 aliphatic rings. The summed E-state index contributed by atoms with van der Waals surface area (Å²) < 4.78 is 5.93. The van der Waals surface area contributed by atoms with Crippen LogP contribution in [0.2, 0.25) is 0 Å². The molecule has 108 valence electrons. The molecule has 2 nitrogen and oxygen atoms in total. The standard InChI is InChI=1S/C18H25NO/c1-5-18(6-2,20-4)17(19-3)16-13-9-11-14-10-7-8-12-15(14)16/h7-13,17,19H,5-6H2,1-4H3. The second-order valence-corrected chi connectivity index (χ2v) is 5.27. The maximum Gasteiger partial charge on any atom is 0.0867 e. The molecule has 0 saturated heterocycles. The van der Waals surface area contributed by atoms with Gasteiger partial charge >= 0.3 is 0 Å². The quantitative estimate of drug-likeness (QED) is 0.845. The summed E-state index contributed by atoms with van der Waals surface area (Å²) in [5.41, 5.74) is 1.15. The minimum absolute atomic E-state index is 0.168. The van der Waals surface area contributed by atoms with E-state index in [2.05, 4.69) is 61.6 Å². The van der Waals surface area contributed by atoms with E-state index in [9.17, 15) is 0 Å². The monoisotopic (exact) mass is 271 g/mol. The molecular weight excluding hydrogens is 246 g/mol. The van der Waals surface area contributed by atoms with Crippen molar-refractivity contribution in [1.29, 1.82) is 0 Å². The Hall–Kier alpha value is -1.38. The first-order valence-corrected chi connectivity index (χ1v) is 7.42. The lowest BCUT2D eigenvalue weighted by molar-refractivity contribution is -0.0464. The van der Waals surface area contributed by atoms with E-state index in [1.807, 2.05) is 14.2 Å². The summed E-state index contributed by atoms with van der Waals surface area (Å²) in [6, 6.07) is 15.2. The Bertz CT molecular complexity index is 547. The minimum Gasteiger partial charge on any atom is -0.376 e. The van der Waals surface area contributed by atoms with E-state index in [-0.39, 0.29) is 11.6 Å². The maximum atomic E-state index is 5.93. The zero-order valence-electron chi connectivity index (χ0n) is 12.9. The highest BCUT2D eigenvalue weighted by molar-refractivity contribution is 5.86. The van der Waals surface area contributed by atoms with Crippen molar-refractivity contribution in [3.8, 4) is 0 Å². The van der Waals surface area contributed by atoms with E-state index in [4.69, 9.17) is 4.74 Å². The molecule has 1 N–H and O–H groups in total. The van der Waals surface area contributed by atoms with Gasteiger partial charge in [-0.1, -0.05) is 56.3 Å². The molecule has 0 aliphatic carbocycles. The van der Waals surface area contributed by atoms with Crippen LogP contribution in [0.4, 0.5) is 0 Å². The molecule has 0 saturated carbocycles. The van der Waals surface area contributed by atoms with E-state index >= 15 is 0 Å². The molecule has 0 heterocycles. The average molecular weight is 271 g/mol. The molecule has 0 radical (unpaired) electrons. The highest BCUT2D eigenvalue weighted by Gasteiger charge is 2.36. The van der Waals surface area contributed by atoms with Crippen molar-refractivity contribution in [3.63, 3.8) is 0 Å². The fourth-order valence-electron chi connectivity index (χ4n) is 3.27. The van der Waals surface area contributed by atoms with Gasteiger partial charge in [-0.3, -0.25) is 0 Å². The number of methoxy groups -OCH3 is 1. The normalized spacial score (nSPS) is 13.6. The molecule has 2 heteroatoms. The van der Waals surface area contributed by atoms with Gasteiger partial charge in [-0.15, -0.1) is 0 Å². The Labute approximate surface area is 122 Å². The van der Waals surface area contributed by atoms with Crippen molar-refractivity contribution in [2.45, 2.75) is 38.3 Å². The zero-order chi connectivity index (χ0) is 14.6. The fourth-order valence-corrected chi connectivity index (χ4v) is 3.27. The molecule has 0 aliphatic heterocycles. The third-order valence-electron chi connectivity index (χ3n) is 4.55. The maximum absolute atomic E-state index is 5.93. The molecule has 0 amide bonds. The van der Waals surface area contributed by atoms with Crippen molar-refractivity contribution in [3.05, 3.63) is 48.0 Å². The Balaban J connectivity index is 2.60. The zero-order valence-corrected chi connectivity index (χ0v) is 12.9. The fraction of sp³-hybridized carbons (Fsp3) is 0.444. The predicted octanol–water partition coefficient (Wildman–Crippen LogP) is 4.31. The smallest absolute Gasteiger partial charge is 0.0867 e. The second kappa shape index (κ2) is 6.38. The van der Waals surface area contributed by atoms with Gasteiger partial charge in [0.2, 0.25) is 0 Å². The average Bonchev–Trinajstić information content (AvgIpc) is 2.52. The molecule has 2 aromatic carbocycles. The molecule has 0 spiro atoms. The van der Waals surface area contributed by atoms with Crippen LogP contribution >= 0.6 is 0 Å². The number of benzene rings is 2. The van der Waals surface area contributed by atoms with Crippen LogP contribution < -0.4 is 5.32 Å². The van der Waals surface area contributed by atoms with E-state index < -0.39 is 0 Å². The predicted molar refractivity (Wildman–Crippen MR) is 86.1 cm³/mol.